The van der Waals surface area contributed by atoms with Crippen molar-refractivity contribution >= 4 is 47.2 Å². The molecule has 2 aliphatic heterocycles. The summed E-state index contributed by atoms with van der Waals surface area (Å²) in [4.78, 5) is 116. The Kier molecular flexibility index (Phi) is 23.6. The first-order valence-corrected chi connectivity index (χ1v) is 27.9. The maximum absolute atomic E-state index is 15.1. The molecule has 0 bridgehead atoms. The van der Waals surface area contributed by atoms with Gasteiger partial charge in [-0.05, 0) is 73.1 Å². The Labute approximate surface area is 466 Å². The van der Waals surface area contributed by atoms with Crippen LogP contribution in [0.2, 0.25) is 0 Å². The highest BCUT2D eigenvalue weighted by molar-refractivity contribution is 6.12. The van der Waals surface area contributed by atoms with E-state index in [9.17, 15) is 38.4 Å². The van der Waals surface area contributed by atoms with Crippen molar-refractivity contribution in [3.8, 4) is 11.5 Å². The highest BCUT2D eigenvalue weighted by Gasteiger charge is 2.57. The molecule has 6 amide bonds. The molecule has 19 heteroatoms. The van der Waals surface area contributed by atoms with Gasteiger partial charge in [0, 0.05) is 89.9 Å². The van der Waals surface area contributed by atoms with Crippen molar-refractivity contribution in [1.29, 1.82) is 0 Å². The minimum absolute atomic E-state index is 0.0882. The maximum atomic E-state index is 15.1. The van der Waals surface area contributed by atoms with Gasteiger partial charge in [0.15, 0.2) is 5.78 Å². The van der Waals surface area contributed by atoms with E-state index in [1.807, 2.05) is 46.4 Å². The standard InChI is InChI=1S/C60H86FN5O13/c1-14-37(6)56(64(9)59(73)43(35(2)3)32-48(67)55(36(4)5)63(8)51(68)22-16-15-19-27-65-52(69)25-26-53(65)70)50(77-12)33-54(71)66-46-29-41(46)30-47(66)57(78-13)38(7)58(72)62-45(28-39-20-17-18-21-44(39)61)60(74)79-34-40-23-24-42(75-10)31-49(40)76-11/h17-18,20-21,23-26,31,35-38,41,43,45-47,50,55-57H,14-16,19,22,27-30,32-34H2,1-13H3,(H,62,72)/t37-,38+,41-,43-,45-,46-,47-,50+,55-,56-,57+/m0/s1. The number of halogens is 1. The van der Waals surface area contributed by atoms with Crippen LogP contribution < -0.4 is 14.8 Å². The van der Waals surface area contributed by atoms with Crippen LogP contribution in [0, 0.1) is 41.3 Å². The maximum Gasteiger partial charge on any atom is 0.329 e. The zero-order chi connectivity index (χ0) is 58.4. The molecule has 0 aromatic heterocycles. The topological polar surface area (TPSA) is 208 Å². The lowest BCUT2D eigenvalue weighted by molar-refractivity contribution is -0.151. The summed E-state index contributed by atoms with van der Waals surface area (Å²) in [7, 11) is 9.30. The van der Waals surface area contributed by atoms with Gasteiger partial charge in [-0.15, -0.1) is 0 Å². The molecule has 436 valence electrons. The van der Waals surface area contributed by atoms with Crippen LogP contribution in [0.25, 0.3) is 0 Å². The number of benzene rings is 2. The van der Waals surface area contributed by atoms with Crippen LogP contribution in [-0.2, 0) is 65.6 Å². The number of fused-ring (bicyclic) bond motifs is 1. The molecule has 11 atom stereocenters. The van der Waals surface area contributed by atoms with Crippen LogP contribution in [0.1, 0.15) is 117 Å². The van der Waals surface area contributed by atoms with E-state index in [1.165, 1.54) is 68.6 Å². The lowest BCUT2D eigenvalue weighted by atomic mass is 9.83. The SMILES string of the molecule is CC[C@H](C)[C@@H]([C@@H](CC(=O)N1[C@H]2C[C@H]2C[C@H]1[C@H](OC)[C@@H](C)C(=O)N[C@@H](Cc1ccccc1F)C(=O)OCc1ccc(OC)cc1OC)OC)N(C)C(=O)[C@@H](CC(=O)[C@H](C(C)C)N(C)C(=O)CCCCCN1C(=O)C=CC1=O)C(C)C. The summed E-state index contributed by atoms with van der Waals surface area (Å²) in [6.07, 6.45) is 4.37. The molecule has 1 saturated heterocycles. The first kappa shape index (κ1) is 63.6. The number of imide groups is 1. The van der Waals surface area contributed by atoms with E-state index < -0.39 is 65.9 Å². The highest BCUT2D eigenvalue weighted by atomic mass is 19.1. The Morgan fingerprint density at radius 3 is 2.08 bits per heavy atom. The third-order valence-corrected chi connectivity index (χ3v) is 16.4. The third kappa shape index (κ3) is 16.0. The summed E-state index contributed by atoms with van der Waals surface area (Å²) in [6, 6.07) is 7.76. The number of unbranched alkanes of at least 4 members (excludes halogenated alkanes) is 2. The third-order valence-electron chi connectivity index (χ3n) is 16.4. The normalized spacial score (nSPS) is 19.7. The van der Waals surface area contributed by atoms with Crippen LogP contribution in [0.15, 0.2) is 54.6 Å². The van der Waals surface area contributed by atoms with Gasteiger partial charge in [-0.1, -0.05) is 79.5 Å². The second-order valence-electron chi connectivity index (χ2n) is 22.3. The molecule has 2 heterocycles. The molecule has 5 rings (SSSR count). The molecule has 2 fully saturated rings. The number of esters is 1. The van der Waals surface area contributed by atoms with Gasteiger partial charge < -0.3 is 43.7 Å². The Balaban J connectivity index is 1.27. The molecule has 1 saturated carbocycles. The van der Waals surface area contributed by atoms with E-state index in [-0.39, 0.29) is 109 Å². The molecule has 0 radical (unpaired) electrons. The minimum Gasteiger partial charge on any atom is -0.497 e. The van der Waals surface area contributed by atoms with E-state index in [0.29, 0.717) is 49.2 Å². The number of ketones is 1. The van der Waals surface area contributed by atoms with Gasteiger partial charge in [0.2, 0.25) is 23.6 Å². The largest absolute Gasteiger partial charge is 0.497 e. The van der Waals surface area contributed by atoms with Crippen LogP contribution in [0.5, 0.6) is 11.5 Å². The summed E-state index contributed by atoms with van der Waals surface area (Å²) in [5, 5.41) is 2.82. The quantitative estimate of drug-likeness (QED) is 0.0459. The van der Waals surface area contributed by atoms with Crippen molar-refractivity contribution in [3.63, 3.8) is 0 Å². The fourth-order valence-corrected chi connectivity index (χ4v) is 11.6. The number of nitrogens with one attached hydrogen (secondary N) is 1. The van der Waals surface area contributed by atoms with Crippen molar-refractivity contribution in [1.82, 2.24) is 24.9 Å². The van der Waals surface area contributed by atoms with Crippen LogP contribution in [0.4, 0.5) is 4.39 Å². The Bertz CT molecular complexity index is 2480. The number of carbonyl (C=O) groups excluding carboxylic acids is 8. The van der Waals surface area contributed by atoms with Crippen LogP contribution in [0.3, 0.4) is 0 Å². The molecule has 18 nitrogen and oxygen atoms in total. The first-order chi connectivity index (χ1) is 37.5. The van der Waals surface area contributed by atoms with Crippen LogP contribution >= 0.6 is 0 Å². The molecule has 1 aliphatic carbocycles. The summed E-state index contributed by atoms with van der Waals surface area (Å²) in [6.45, 7) is 13.3. The van der Waals surface area contributed by atoms with Crippen molar-refractivity contribution in [3.05, 3.63) is 71.6 Å². The van der Waals surface area contributed by atoms with E-state index >= 15 is 4.39 Å². The summed E-state index contributed by atoms with van der Waals surface area (Å²) < 4.78 is 43.8. The number of hydrogen-bond acceptors (Lipinski definition) is 13. The van der Waals surface area contributed by atoms with E-state index in [2.05, 4.69) is 5.32 Å². The number of nitrogens with zero attached hydrogens (tertiary/aromatic N) is 4. The van der Waals surface area contributed by atoms with Crippen LogP contribution in [-0.4, -0.2) is 158 Å². The number of methoxy groups -OCH3 is 4. The number of rotatable bonds is 32. The zero-order valence-corrected chi connectivity index (χ0v) is 48.7. The van der Waals surface area contributed by atoms with Gasteiger partial charge in [0.1, 0.15) is 30.0 Å². The number of likely N-dealkylation sites (tertiary alicyclic amines) is 1. The fourth-order valence-electron chi connectivity index (χ4n) is 11.6. The van der Waals surface area contributed by atoms with E-state index in [4.69, 9.17) is 23.7 Å². The minimum atomic E-state index is -1.29. The number of ether oxygens (including phenoxy) is 5. The monoisotopic (exact) mass is 1100 g/mol. The molecule has 2 aromatic rings. The predicted molar refractivity (Wildman–Crippen MR) is 294 cm³/mol. The second kappa shape index (κ2) is 29.3. The van der Waals surface area contributed by atoms with Gasteiger partial charge in [-0.2, -0.15) is 0 Å². The lowest BCUT2D eigenvalue weighted by Gasteiger charge is -2.41. The number of Topliss-reactive ketones (excluding diaryl/α,β-unsaturated/α-hetero) is 1. The summed E-state index contributed by atoms with van der Waals surface area (Å²) >= 11 is 0. The number of hydrogen-bond donors (Lipinski definition) is 1. The number of likely N-dealkylation sites (N-methyl/N-ethyl adjacent to an activating group) is 2. The van der Waals surface area contributed by atoms with Crippen molar-refractivity contribution in [2.75, 3.05) is 49.1 Å². The fraction of sp³-hybridized carbons (Fsp3) is 0.633. The van der Waals surface area contributed by atoms with Gasteiger partial charge in [0.25, 0.3) is 11.8 Å². The molecule has 0 unspecified atom stereocenters. The van der Waals surface area contributed by atoms with Gasteiger partial charge in [-0.25, -0.2) is 9.18 Å². The van der Waals surface area contributed by atoms with Gasteiger partial charge in [0.05, 0.1) is 56.9 Å². The molecule has 2 aromatic carbocycles. The van der Waals surface area contributed by atoms with Crippen molar-refractivity contribution < 1.29 is 66.4 Å². The van der Waals surface area contributed by atoms with Crippen molar-refractivity contribution in [2.45, 2.75) is 162 Å². The van der Waals surface area contributed by atoms with E-state index in [1.54, 1.807) is 50.2 Å². The zero-order valence-electron chi connectivity index (χ0n) is 48.7. The molecular weight excluding hydrogens is 1020 g/mol. The average Bonchev–Trinajstić information content (AvgIpc) is 4.00. The average molecular weight is 1100 g/mol. The Morgan fingerprint density at radius 1 is 0.797 bits per heavy atom. The smallest absolute Gasteiger partial charge is 0.329 e. The van der Waals surface area contributed by atoms with Gasteiger partial charge in [-0.3, -0.25) is 38.5 Å². The summed E-state index contributed by atoms with van der Waals surface area (Å²) in [5.41, 5.74) is 0.744. The highest BCUT2D eigenvalue weighted by Crippen LogP contribution is 2.50. The number of amides is 6. The van der Waals surface area contributed by atoms with E-state index in [0.717, 1.165) is 6.42 Å². The predicted octanol–water partition coefficient (Wildman–Crippen LogP) is 6.73. The number of carbonyl (C=O) groups is 8. The molecule has 1 N–H and O–H groups in total. The Hall–Kier alpha value is -6.21. The molecule has 79 heavy (non-hydrogen) atoms. The van der Waals surface area contributed by atoms with Gasteiger partial charge >= 0.3 is 5.97 Å². The summed E-state index contributed by atoms with van der Waals surface area (Å²) in [5.74, 6) is -4.67. The number of piperidine rings is 1. The molecular formula is C60H86FN5O13. The van der Waals surface area contributed by atoms with Crippen molar-refractivity contribution in [2.24, 2.45) is 35.5 Å². The second-order valence-corrected chi connectivity index (χ2v) is 22.3. The molecule has 0 spiro atoms. The molecule has 3 aliphatic rings. The first-order valence-electron chi connectivity index (χ1n) is 27.9. The lowest BCUT2D eigenvalue weighted by Crippen LogP contribution is -2.55. The Morgan fingerprint density at radius 2 is 1.48 bits per heavy atom.